The first-order chi connectivity index (χ1) is 31.5. The molecular formula is C56H95N2O6P. The van der Waals surface area contributed by atoms with Gasteiger partial charge in [-0.1, -0.05) is 187 Å². The molecule has 0 bridgehead atoms. The lowest BCUT2D eigenvalue weighted by molar-refractivity contribution is -0.870. The Labute approximate surface area is 399 Å². The summed E-state index contributed by atoms with van der Waals surface area (Å²) in [4.78, 5) is 25.4. The molecule has 0 aliphatic heterocycles. The molecule has 0 aliphatic carbocycles. The Balaban J connectivity index is 4.43. The first-order valence-electron chi connectivity index (χ1n) is 25.4. The van der Waals surface area contributed by atoms with Gasteiger partial charge in [-0.2, -0.15) is 0 Å². The van der Waals surface area contributed by atoms with Crippen LogP contribution in [0.5, 0.6) is 0 Å². The number of carbonyl (C=O) groups is 1. The van der Waals surface area contributed by atoms with E-state index in [1.807, 2.05) is 27.2 Å². The largest absolute Gasteiger partial charge is 0.756 e. The van der Waals surface area contributed by atoms with Crippen molar-refractivity contribution in [2.75, 3.05) is 40.9 Å². The van der Waals surface area contributed by atoms with Crippen LogP contribution in [-0.2, 0) is 18.4 Å². The SMILES string of the molecule is CC/C=C\C/C=C\C/C=C\C/C=C\C/C=C\C/C=C\C/C=C\CCCCCCCC(=O)NC(COP(=O)([O-])OCC[N+](C)(C)C)C(O)/C=C/CC/C=C/CC/C=C/CCCCCCCC. The summed E-state index contributed by atoms with van der Waals surface area (Å²) in [5, 5.41) is 13.8. The minimum atomic E-state index is -4.62. The fourth-order valence-electron chi connectivity index (χ4n) is 6.40. The summed E-state index contributed by atoms with van der Waals surface area (Å²) in [7, 11) is 1.20. The quantitative estimate of drug-likeness (QED) is 0.0273. The molecule has 0 rings (SSSR count). The smallest absolute Gasteiger partial charge is 0.268 e. The van der Waals surface area contributed by atoms with Crippen LogP contribution in [0.25, 0.3) is 0 Å². The molecule has 0 aromatic heterocycles. The molecule has 8 nitrogen and oxygen atoms in total. The highest BCUT2D eigenvalue weighted by Crippen LogP contribution is 2.38. The average Bonchev–Trinajstić information content (AvgIpc) is 3.26. The van der Waals surface area contributed by atoms with Gasteiger partial charge in [-0.3, -0.25) is 9.36 Å². The summed E-state index contributed by atoms with van der Waals surface area (Å²) >= 11 is 0. The third-order valence-electron chi connectivity index (χ3n) is 10.4. The predicted octanol–water partition coefficient (Wildman–Crippen LogP) is 14.4. The summed E-state index contributed by atoms with van der Waals surface area (Å²) in [5.41, 5.74) is 0. The molecule has 0 spiro atoms. The van der Waals surface area contributed by atoms with E-state index in [2.05, 4.69) is 129 Å². The van der Waals surface area contributed by atoms with Crippen LogP contribution in [0, 0.1) is 0 Å². The zero-order valence-electron chi connectivity index (χ0n) is 41.9. The van der Waals surface area contributed by atoms with Gasteiger partial charge in [0, 0.05) is 6.42 Å². The molecule has 3 unspecified atom stereocenters. The number of likely N-dealkylation sites (N-methyl/N-ethyl adjacent to an activating group) is 1. The van der Waals surface area contributed by atoms with Gasteiger partial charge in [0.05, 0.1) is 39.9 Å². The molecule has 0 fully saturated rings. The molecule has 2 N–H and O–H groups in total. The van der Waals surface area contributed by atoms with Crippen molar-refractivity contribution >= 4 is 13.7 Å². The van der Waals surface area contributed by atoms with E-state index in [1.54, 1.807) is 6.08 Å². The fraction of sp³-hybridized carbons (Fsp3) is 0.625. The number of rotatable bonds is 44. The topological polar surface area (TPSA) is 108 Å². The van der Waals surface area contributed by atoms with Gasteiger partial charge in [0.2, 0.25) is 5.91 Å². The van der Waals surface area contributed by atoms with Crippen LogP contribution in [0.15, 0.2) is 122 Å². The Morgan fingerprint density at radius 2 is 0.954 bits per heavy atom. The molecule has 0 saturated heterocycles. The summed E-state index contributed by atoms with van der Waals surface area (Å²) in [6, 6.07) is -0.929. The summed E-state index contributed by atoms with van der Waals surface area (Å²) in [6.07, 6.45) is 68.3. The maximum atomic E-state index is 12.9. The second kappa shape index (κ2) is 46.0. The van der Waals surface area contributed by atoms with Crippen LogP contribution in [0.1, 0.15) is 174 Å². The Hall–Kier alpha value is -3.10. The van der Waals surface area contributed by atoms with E-state index in [0.29, 0.717) is 17.4 Å². The van der Waals surface area contributed by atoms with Crippen LogP contribution in [0.2, 0.25) is 0 Å². The Kier molecular flexibility index (Phi) is 43.8. The molecule has 65 heavy (non-hydrogen) atoms. The van der Waals surface area contributed by atoms with Gasteiger partial charge in [-0.15, -0.1) is 0 Å². The van der Waals surface area contributed by atoms with Gasteiger partial charge in [0.15, 0.2) is 0 Å². The van der Waals surface area contributed by atoms with Crippen molar-refractivity contribution in [2.45, 2.75) is 187 Å². The van der Waals surface area contributed by atoms with Gasteiger partial charge in [-0.25, -0.2) is 0 Å². The van der Waals surface area contributed by atoms with Crippen molar-refractivity contribution in [3.8, 4) is 0 Å². The minimum absolute atomic E-state index is 0.0205. The highest BCUT2D eigenvalue weighted by atomic mass is 31.2. The zero-order valence-corrected chi connectivity index (χ0v) is 42.8. The number of aliphatic hydroxyl groups is 1. The number of amides is 1. The van der Waals surface area contributed by atoms with Crippen LogP contribution in [0.4, 0.5) is 0 Å². The van der Waals surface area contributed by atoms with Crippen molar-refractivity contribution in [2.24, 2.45) is 0 Å². The lowest BCUT2D eigenvalue weighted by atomic mass is 10.1. The van der Waals surface area contributed by atoms with E-state index in [-0.39, 0.29) is 12.5 Å². The van der Waals surface area contributed by atoms with E-state index < -0.39 is 26.6 Å². The summed E-state index contributed by atoms with van der Waals surface area (Å²) in [6.45, 7) is 4.45. The number of allylic oxidation sites excluding steroid dienone is 19. The molecule has 370 valence electrons. The standard InChI is InChI=1S/C56H95N2O6P/c1-6-8-10-12-14-16-18-20-22-24-25-26-27-28-29-30-31-32-33-34-36-38-40-42-44-46-48-50-56(60)57-54(53-64-65(61,62)63-52-51-58(3,4)5)55(59)49-47-45-43-41-39-37-35-23-21-19-17-15-13-11-9-7-2/h8,10,14,16,20-23,25-26,28-29,31-32,34,36,39,41,47,49,54-55,59H,6-7,9,11-13,15,17-19,24,27,30,33,35,37-38,40,42-46,48,50-53H2,1-5H3,(H-,57,60,61,62)/b10-8-,16-14-,22-20-,23-21+,26-25-,29-28-,32-31-,36-34-,41-39+,49-47+. The van der Waals surface area contributed by atoms with Gasteiger partial charge in [-0.05, 0) is 103 Å². The van der Waals surface area contributed by atoms with Gasteiger partial charge >= 0.3 is 0 Å². The van der Waals surface area contributed by atoms with Crippen LogP contribution >= 0.6 is 7.82 Å². The highest BCUT2D eigenvalue weighted by molar-refractivity contribution is 7.45. The van der Waals surface area contributed by atoms with Crippen molar-refractivity contribution < 1.29 is 32.9 Å². The Bertz CT molecular complexity index is 1460. The molecular weight excluding hydrogens is 828 g/mol. The minimum Gasteiger partial charge on any atom is -0.756 e. The summed E-state index contributed by atoms with van der Waals surface area (Å²) < 4.78 is 23.2. The maximum absolute atomic E-state index is 12.9. The number of phosphoric ester groups is 1. The number of carbonyl (C=O) groups excluding carboxylic acids is 1. The maximum Gasteiger partial charge on any atom is 0.268 e. The second-order valence-corrected chi connectivity index (χ2v) is 19.2. The predicted molar refractivity (Wildman–Crippen MR) is 279 cm³/mol. The first-order valence-corrected chi connectivity index (χ1v) is 26.9. The number of nitrogens with one attached hydrogen (secondary N) is 1. The number of hydrogen-bond acceptors (Lipinski definition) is 6. The van der Waals surface area contributed by atoms with E-state index in [0.717, 1.165) is 116 Å². The molecule has 9 heteroatoms. The summed E-state index contributed by atoms with van der Waals surface area (Å²) in [5.74, 6) is -0.237. The Morgan fingerprint density at radius 1 is 0.554 bits per heavy atom. The number of unbranched alkanes of at least 4 members (excludes halogenated alkanes) is 13. The number of nitrogens with zero attached hydrogens (tertiary/aromatic N) is 1. The van der Waals surface area contributed by atoms with E-state index in [1.165, 1.54) is 38.5 Å². The average molecular weight is 923 g/mol. The normalized spacial score (nSPS) is 15.1. The lowest BCUT2D eigenvalue weighted by Crippen LogP contribution is -2.45. The zero-order chi connectivity index (χ0) is 47.8. The van der Waals surface area contributed by atoms with Crippen LogP contribution in [0.3, 0.4) is 0 Å². The van der Waals surface area contributed by atoms with Crippen LogP contribution in [-0.4, -0.2) is 68.5 Å². The monoisotopic (exact) mass is 923 g/mol. The lowest BCUT2D eigenvalue weighted by Gasteiger charge is -2.29. The molecule has 1 amide bonds. The highest BCUT2D eigenvalue weighted by Gasteiger charge is 2.23. The van der Waals surface area contributed by atoms with Crippen LogP contribution < -0.4 is 10.2 Å². The molecule has 3 atom stereocenters. The van der Waals surface area contributed by atoms with E-state index in [9.17, 15) is 19.4 Å². The molecule has 0 saturated carbocycles. The fourth-order valence-corrected chi connectivity index (χ4v) is 7.12. The molecule has 0 heterocycles. The number of hydrogen-bond donors (Lipinski definition) is 2. The molecule has 0 aromatic rings. The number of quaternary nitrogens is 1. The second-order valence-electron chi connectivity index (χ2n) is 17.8. The number of phosphoric acid groups is 1. The van der Waals surface area contributed by atoms with Crippen molar-refractivity contribution in [1.82, 2.24) is 5.32 Å². The third kappa shape index (κ3) is 48.6. The van der Waals surface area contributed by atoms with Gasteiger partial charge < -0.3 is 28.8 Å². The van der Waals surface area contributed by atoms with Crippen molar-refractivity contribution in [3.05, 3.63) is 122 Å². The molecule has 0 aromatic carbocycles. The van der Waals surface area contributed by atoms with Crippen molar-refractivity contribution in [1.29, 1.82) is 0 Å². The van der Waals surface area contributed by atoms with Gasteiger partial charge in [0.25, 0.3) is 7.82 Å². The molecule has 0 aliphatic rings. The van der Waals surface area contributed by atoms with E-state index in [4.69, 9.17) is 9.05 Å². The van der Waals surface area contributed by atoms with Crippen molar-refractivity contribution in [3.63, 3.8) is 0 Å². The third-order valence-corrected chi connectivity index (χ3v) is 11.3. The number of aliphatic hydroxyl groups excluding tert-OH is 1. The van der Waals surface area contributed by atoms with Gasteiger partial charge in [0.1, 0.15) is 13.2 Å². The van der Waals surface area contributed by atoms with E-state index >= 15 is 0 Å². The Morgan fingerprint density at radius 3 is 1.43 bits per heavy atom. The first kappa shape index (κ1) is 61.9. The molecule has 0 radical (unpaired) electrons.